The average Bonchev–Trinajstić information content (AvgIpc) is 2.93. The van der Waals surface area contributed by atoms with E-state index in [0.717, 1.165) is 28.2 Å². The predicted octanol–water partition coefficient (Wildman–Crippen LogP) is 4.07. The third-order valence-electron chi connectivity index (χ3n) is 2.16. The lowest BCUT2D eigenvalue weighted by Crippen LogP contribution is -1.97. The molecule has 1 N–H and O–H groups in total. The molecule has 0 amide bonds. The van der Waals surface area contributed by atoms with Crippen molar-refractivity contribution in [3.8, 4) is 12.3 Å². The van der Waals surface area contributed by atoms with Gasteiger partial charge in [-0.1, -0.05) is 36.5 Å². The minimum Gasteiger partial charge on any atom is -0.385 e. The first-order valence-electron chi connectivity index (χ1n) is 6.77. The molecule has 0 atom stereocenters. The third-order valence-corrected chi connectivity index (χ3v) is 3.59. The van der Waals surface area contributed by atoms with E-state index < -0.39 is 0 Å². The van der Waals surface area contributed by atoms with Gasteiger partial charge in [-0.2, -0.15) is 0 Å². The fourth-order valence-corrected chi connectivity index (χ4v) is 2.33. The topological polar surface area (TPSA) is 51.2 Å². The van der Waals surface area contributed by atoms with Crippen molar-refractivity contribution in [1.29, 1.82) is 0 Å². The molecule has 120 valence electrons. The van der Waals surface area contributed by atoms with Gasteiger partial charge in [-0.3, -0.25) is 4.79 Å². The molecule has 0 bridgehead atoms. The summed E-state index contributed by atoms with van der Waals surface area (Å²) in [5.41, 5.74) is 0.588. The van der Waals surface area contributed by atoms with Crippen LogP contribution in [0.2, 0.25) is 0 Å². The standard InChI is InChI=1S/C12H11BrN2OS.C4H10O/c1-2-3-5-10(9-16)6-4-7-14-12-15-8-11(13)17-12;1-3-4-5-2/h1,4-6,8-9H,3,7H2,(H,14,15);3-4H2,1-2H3/b6-4-,10-5+;. The maximum Gasteiger partial charge on any atom is 0.183 e. The van der Waals surface area contributed by atoms with Crippen LogP contribution in [-0.2, 0) is 9.53 Å². The first kappa shape index (κ1) is 20.6. The van der Waals surface area contributed by atoms with Crippen LogP contribution < -0.4 is 5.32 Å². The number of hydrogen-bond acceptors (Lipinski definition) is 5. The van der Waals surface area contributed by atoms with E-state index >= 15 is 0 Å². The molecule has 1 aromatic rings. The number of terminal acetylenes is 1. The van der Waals surface area contributed by atoms with Crippen molar-refractivity contribution in [2.75, 3.05) is 25.6 Å². The van der Waals surface area contributed by atoms with Gasteiger partial charge in [0.15, 0.2) is 5.13 Å². The summed E-state index contributed by atoms with van der Waals surface area (Å²) >= 11 is 4.84. The van der Waals surface area contributed by atoms with Crippen LogP contribution in [0.3, 0.4) is 0 Å². The number of hydrogen-bond donors (Lipinski definition) is 1. The Balaban J connectivity index is 0.000000763. The maximum absolute atomic E-state index is 10.7. The van der Waals surface area contributed by atoms with Gasteiger partial charge >= 0.3 is 0 Å². The minimum atomic E-state index is 0.464. The number of thiazole rings is 1. The number of aromatic nitrogens is 1. The van der Waals surface area contributed by atoms with Gasteiger partial charge in [-0.15, -0.1) is 12.3 Å². The number of carbonyl (C=O) groups excluding carboxylic acids is 1. The zero-order chi connectivity index (χ0) is 16.6. The predicted molar refractivity (Wildman–Crippen MR) is 97.2 cm³/mol. The molecule has 1 aromatic heterocycles. The average molecular weight is 385 g/mol. The van der Waals surface area contributed by atoms with Crippen LogP contribution in [0.4, 0.5) is 5.13 Å². The molecule has 0 aromatic carbocycles. The lowest BCUT2D eigenvalue weighted by molar-refractivity contribution is -0.104. The van der Waals surface area contributed by atoms with Crippen LogP contribution in [0.25, 0.3) is 0 Å². The Kier molecular flexibility index (Phi) is 13.6. The molecular weight excluding hydrogens is 364 g/mol. The lowest BCUT2D eigenvalue weighted by Gasteiger charge is -1.95. The molecule has 0 unspecified atom stereocenters. The second-order valence-corrected chi connectivity index (χ2v) is 6.39. The molecule has 0 spiro atoms. The van der Waals surface area contributed by atoms with E-state index in [1.54, 1.807) is 25.5 Å². The fourth-order valence-electron chi connectivity index (χ4n) is 1.21. The first-order chi connectivity index (χ1) is 10.7. The van der Waals surface area contributed by atoms with E-state index in [1.165, 1.54) is 11.3 Å². The number of nitrogens with one attached hydrogen (secondary N) is 1. The summed E-state index contributed by atoms with van der Waals surface area (Å²) in [6.07, 6.45) is 14.5. The highest BCUT2D eigenvalue weighted by Crippen LogP contribution is 2.22. The van der Waals surface area contributed by atoms with Gasteiger partial charge in [0.05, 0.1) is 9.98 Å². The highest BCUT2D eigenvalue weighted by Gasteiger charge is 1.95. The second-order valence-electron chi connectivity index (χ2n) is 3.98. The van der Waals surface area contributed by atoms with E-state index in [0.29, 0.717) is 18.5 Å². The summed E-state index contributed by atoms with van der Waals surface area (Å²) in [6.45, 7) is 3.59. The van der Waals surface area contributed by atoms with Crippen molar-refractivity contribution in [3.63, 3.8) is 0 Å². The largest absolute Gasteiger partial charge is 0.385 e. The molecular formula is C16H21BrN2O2S. The fraction of sp³-hybridized carbons (Fsp3) is 0.375. The van der Waals surface area contributed by atoms with E-state index in [1.807, 2.05) is 6.08 Å². The van der Waals surface area contributed by atoms with Crippen LogP contribution >= 0.6 is 27.3 Å². The van der Waals surface area contributed by atoms with Crippen molar-refractivity contribution in [3.05, 3.63) is 33.8 Å². The maximum atomic E-state index is 10.7. The van der Waals surface area contributed by atoms with Crippen LogP contribution in [0.1, 0.15) is 19.8 Å². The number of anilines is 1. The molecule has 1 heterocycles. The normalized spacial score (nSPS) is 10.7. The number of rotatable bonds is 8. The highest BCUT2D eigenvalue weighted by atomic mass is 79.9. The van der Waals surface area contributed by atoms with E-state index in [2.05, 4.69) is 39.1 Å². The van der Waals surface area contributed by atoms with Crippen LogP contribution in [0.5, 0.6) is 0 Å². The Morgan fingerprint density at radius 1 is 1.64 bits per heavy atom. The highest BCUT2D eigenvalue weighted by molar-refractivity contribution is 9.11. The molecule has 0 saturated carbocycles. The van der Waals surface area contributed by atoms with Gasteiger partial charge in [0.1, 0.15) is 6.29 Å². The van der Waals surface area contributed by atoms with Crippen molar-refractivity contribution in [2.45, 2.75) is 19.8 Å². The first-order valence-corrected chi connectivity index (χ1v) is 8.38. The number of aldehydes is 1. The molecule has 0 fully saturated rings. The summed E-state index contributed by atoms with van der Waals surface area (Å²) in [5.74, 6) is 2.45. The van der Waals surface area contributed by atoms with Crippen LogP contribution in [0, 0.1) is 12.3 Å². The number of methoxy groups -OCH3 is 1. The number of nitrogens with zero attached hydrogens (tertiary/aromatic N) is 1. The summed E-state index contributed by atoms with van der Waals surface area (Å²) in [4.78, 5) is 14.8. The van der Waals surface area contributed by atoms with Crippen LogP contribution in [-0.4, -0.2) is 31.5 Å². The number of carbonyl (C=O) groups is 1. The van der Waals surface area contributed by atoms with E-state index in [4.69, 9.17) is 11.2 Å². The smallest absolute Gasteiger partial charge is 0.183 e. The van der Waals surface area contributed by atoms with Gasteiger partial charge < -0.3 is 10.1 Å². The number of ether oxygens (including phenoxy) is 1. The summed E-state index contributed by atoms with van der Waals surface area (Å²) < 4.78 is 5.67. The third kappa shape index (κ3) is 11.3. The van der Waals surface area contributed by atoms with Gasteiger partial charge in [0, 0.05) is 32.3 Å². The van der Waals surface area contributed by atoms with Gasteiger partial charge in [0.2, 0.25) is 0 Å². The second kappa shape index (κ2) is 14.5. The summed E-state index contributed by atoms with van der Waals surface area (Å²) in [7, 11) is 1.71. The van der Waals surface area contributed by atoms with E-state index in [-0.39, 0.29) is 0 Å². The zero-order valence-electron chi connectivity index (χ0n) is 12.8. The van der Waals surface area contributed by atoms with Crippen molar-refractivity contribution >= 4 is 38.7 Å². The van der Waals surface area contributed by atoms with Gasteiger partial charge in [-0.05, 0) is 22.4 Å². The van der Waals surface area contributed by atoms with Gasteiger partial charge in [-0.25, -0.2) is 4.98 Å². The molecule has 0 aliphatic carbocycles. The zero-order valence-corrected chi connectivity index (χ0v) is 15.2. The van der Waals surface area contributed by atoms with Crippen molar-refractivity contribution < 1.29 is 9.53 Å². The summed E-state index contributed by atoms with van der Waals surface area (Å²) in [5, 5.41) is 3.94. The van der Waals surface area contributed by atoms with Gasteiger partial charge in [0.25, 0.3) is 0 Å². The molecule has 6 heteroatoms. The molecule has 0 radical (unpaired) electrons. The molecule has 0 aliphatic rings. The SMILES string of the molecule is C#CC/C=C(C=O)\C=C/CNc1ncc(Br)s1.CCCOC. The Bertz CT molecular complexity index is 516. The minimum absolute atomic E-state index is 0.464. The Morgan fingerprint density at radius 2 is 2.41 bits per heavy atom. The number of allylic oxidation sites excluding steroid dienone is 3. The quantitative estimate of drug-likeness (QED) is 0.317. The molecule has 0 aliphatic heterocycles. The lowest BCUT2D eigenvalue weighted by atomic mass is 10.2. The Labute approximate surface area is 144 Å². The Hall–Kier alpha value is -1.42. The van der Waals surface area contributed by atoms with Crippen LogP contribution in [0.15, 0.2) is 33.8 Å². The molecule has 22 heavy (non-hydrogen) atoms. The number of halogens is 1. The Morgan fingerprint density at radius 3 is 2.86 bits per heavy atom. The van der Waals surface area contributed by atoms with Crippen molar-refractivity contribution in [2.24, 2.45) is 0 Å². The monoisotopic (exact) mass is 384 g/mol. The van der Waals surface area contributed by atoms with E-state index in [9.17, 15) is 4.79 Å². The molecule has 0 saturated heterocycles. The summed E-state index contributed by atoms with van der Waals surface area (Å²) in [6, 6.07) is 0. The molecule has 1 rings (SSSR count). The molecule has 4 nitrogen and oxygen atoms in total. The van der Waals surface area contributed by atoms with Crippen molar-refractivity contribution in [1.82, 2.24) is 4.98 Å².